The maximum atomic E-state index is 11.7. The van der Waals surface area contributed by atoms with Gasteiger partial charge in [0.2, 0.25) is 0 Å². The Balaban J connectivity index is 1.31. The van der Waals surface area contributed by atoms with E-state index in [2.05, 4.69) is 34.1 Å². The molecule has 1 unspecified atom stereocenters. The number of β-amino-alcohol motifs (C(OH)–C–C–N with tert-alkyl or cyclic N) is 1. The number of hydrogen-bond acceptors (Lipinski definition) is 7. The molecule has 3 heterocycles. The third-order valence-electron chi connectivity index (χ3n) is 8.11. The average molecular weight is 615 g/mol. The van der Waals surface area contributed by atoms with Gasteiger partial charge < -0.3 is 24.6 Å². The van der Waals surface area contributed by atoms with Crippen LogP contribution in [0.25, 0.3) is 0 Å². The van der Waals surface area contributed by atoms with Crippen molar-refractivity contribution in [2.75, 3.05) is 44.3 Å². The van der Waals surface area contributed by atoms with Crippen molar-refractivity contribution in [3.05, 3.63) is 93.2 Å². The molecule has 2 aliphatic heterocycles. The fraction of sp³-hybridized carbons (Fsp3) is 0.485. The van der Waals surface area contributed by atoms with Crippen LogP contribution in [-0.2, 0) is 28.1 Å². The van der Waals surface area contributed by atoms with E-state index in [1.807, 2.05) is 43.3 Å². The number of aromatic nitrogens is 1. The van der Waals surface area contributed by atoms with Crippen LogP contribution in [-0.4, -0.2) is 65.8 Å². The van der Waals surface area contributed by atoms with Gasteiger partial charge in [-0.2, -0.15) is 0 Å². The Kier molecular flexibility index (Phi) is 10.8. The van der Waals surface area contributed by atoms with Crippen LogP contribution in [0.2, 0.25) is 10.0 Å². The van der Waals surface area contributed by atoms with E-state index in [1.165, 1.54) is 0 Å². The first-order valence-electron chi connectivity index (χ1n) is 14.9. The Morgan fingerprint density at radius 2 is 1.90 bits per heavy atom. The fourth-order valence-electron chi connectivity index (χ4n) is 5.86. The van der Waals surface area contributed by atoms with Gasteiger partial charge in [-0.3, -0.25) is 9.88 Å². The van der Waals surface area contributed by atoms with Crippen LogP contribution in [0.4, 0.5) is 5.69 Å². The van der Waals surface area contributed by atoms with Crippen LogP contribution in [0.15, 0.2) is 60.7 Å². The molecule has 0 saturated carbocycles. The highest BCUT2D eigenvalue weighted by molar-refractivity contribution is 6.33. The Labute approximate surface area is 259 Å². The van der Waals surface area contributed by atoms with E-state index in [4.69, 9.17) is 37.7 Å². The monoisotopic (exact) mass is 613 g/mol. The number of aryl methyl sites for hydroxylation is 1. The molecule has 42 heavy (non-hydrogen) atoms. The molecule has 1 aromatic heterocycles. The topological polar surface area (TPSA) is 78.3 Å². The summed E-state index contributed by atoms with van der Waals surface area (Å²) in [5.41, 5.74) is 3.47. The van der Waals surface area contributed by atoms with Crippen LogP contribution < -0.4 is 4.90 Å². The van der Waals surface area contributed by atoms with Crippen LogP contribution >= 0.6 is 23.2 Å². The van der Waals surface area contributed by atoms with Crippen LogP contribution in [0.5, 0.6) is 0 Å². The minimum Gasteiger partial charge on any atom is -0.396 e. The molecule has 2 saturated heterocycles. The standard InChI is InChI=1S/C33H41Cl2N3O4/c1-33(40,31-8-4-7-27(36-31)22-42-32-9-2-3-19-41-32)23-37-16-17-38(30(21-37)25-11-13-26(34)14-12-25)29-15-10-24(6-5-18-39)20-28(29)35/h4,7-8,10-15,20,30,32,39-40H,2-3,5-6,9,16-19,21-23H2,1H3/t30-,32?,33+/m0/s1. The summed E-state index contributed by atoms with van der Waals surface area (Å²) >= 11 is 13.1. The van der Waals surface area contributed by atoms with Gasteiger partial charge in [-0.15, -0.1) is 0 Å². The lowest BCUT2D eigenvalue weighted by Gasteiger charge is -2.45. The summed E-state index contributed by atoms with van der Waals surface area (Å²) in [4.78, 5) is 9.40. The van der Waals surface area contributed by atoms with Gasteiger partial charge in [-0.1, -0.05) is 47.5 Å². The van der Waals surface area contributed by atoms with Crippen molar-refractivity contribution in [1.82, 2.24) is 9.88 Å². The molecule has 7 nitrogen and oxygen atoms in total. The van der Waals surface area contributed by atoms with E-state index in [0.29, 0.717) is 41.9 Å². The van der Waals surface area contributed by atoms with Crippen molar-refractivity contribution in [2.45, 2.75) is 63.6 Å². The third kappa shape index (κ3) is 8.03. The number of nitrogens with zero attached hydrogens (tertiary/aromatic N) is 3. The number of ether oxygens (including phenoxy) is 2. The van der Waals surface area contributed by atoms with Gasteiger partial charge >= 0.3 is 0 Å². The summed E-state index contributed by atoms with van der Waals surface area (Å²) < 4.78 is 11.6. The van der Waals surface area contributed by atoms with Crippen molar-refractivity contribution < 1.29 is 19.7 Å². The number of pyridine rings is 1. The second-order valence-corrected chi connectivity index (χ2v) is 12.3. The number of aliphatic hydroxyl groups excluding tert-OH is 1. The SMILES string of the molecule is C[C@@](O)(CN1CCN(c2ccc(CCCO)cc2Cl)[C@H](c2ccc(Cl)cc2)C1)c1cccc(COC2CCCCO2)n1. The molecule has 2 fully saturated rings. The van der Waals surface area contributed by atoms with Crippen molar-refractivity contribution in [3.8, 4) is 0 Å². The van der Waals surface area contributed by atoms with Gasteiger partial charge in [0.05, 0.1) is 34.7 Å². The van der Waals surface area contributed by atoms with E-state index < -0.39 is 5.60 Å². The predicted molar refractivity (Wildman–Crippen MR) is 167 cm³/mol. The number of halogens is 2. The van der Waals surface area contributed by atoms with Gasteiger partial charge in [0.25, 0.3) is 0 Å². The second-order valence-electron chi connectivity index (χ2n) is 11.5. The van der Waals surface area contributed by atoms with Crippen molar-refractivity contribution >= 4 is 28.9 Å². The van der Waals surface area contributed by atoms with Crippen LogP contribution in [0, 0.1) is 0 Å². The molecule has 2 aromatic carbocycles. The van der Waals surface area contributed by atoms with Gasteiger partial charge in [-0.05, 0) is 86.6 Å². The number of piperazine rings is 1. The van der Waals surface area contributed by atoms with Gasteiger partial charge in [0.15, 0.2) is 6.29 Å². The molecule has 226 valence electrons. The number of hydrogen-bond donors (Lipinski definition) is 2. The third-order valence-corrected chi connectivity index (χ3v) is 8.66. The number of aliphatic hydroxyl groups is 2. The Morgan fingerprint density at radius 3 is 2.64 bits per heavy atom. The Bertz CT molecular complexity index is 1300. The Morgan fingerprint density at radius 1 is 1.07 bits per heavy atom. The quantitative estimate of drug-likeness (QED) is 0.269. The molecule has 9 heteroatoms. The molecular weight excluding hydrogens is 573 g/mol. The number of anilines is 1. The zero-order valence-corrected chi connectivity index (χ0v) is 25.7. The smallest absolute Gasteiger partial charge is 0.158 e. The lowest BCUT2D eigenvalue weighted by molar-refractivity contribution is -0.169. The van der Waals surface area contributed by atoms with Gasteiger partial charge in [0, 0.05) is 44.4 Å². The summed E-state index contributed by atoms with van der Waals surface area (Å²) in [5.74, 6) is 0. The highest BCUT2D eigenvalue weighted by Crippen LogP contribution is 2.37. The van der Waals surface area contributed by atoms with Gasteiger partial charge in [-0.25, -0.2) is 0 Å². The van der Waals surface area contributed by atoms with E-state index in [-0.39, 0.29) is 18.9 Å². The first kappa shape index (κ1) is 31.2. The molecule has 2 N–H and O–H groups in total. The summed E-state index contributed by atoms with van der Waals surface area (Å²) in [6.45, 7) is 5.70. The lowest BCUT2D eigenvalue weighted by Crippen LogP contribution is -2.52. The zero-order valence-electron chi connectivity index (χ0n) is 24.2. The minimum absolute atomic E-state index is 0.01000. The molecule has 0 amide bonds. The van der Waals surface area contributed by atoms with Gasteiger partial charge in [0.1, 0.15) is 5.60 Å². The zero-order chi connectivity index (χ0) is 29.5. The molecule has 0 spiro atoms. The van der Waals surface area contributed by atoms with Crippen molar-refractivity contribution in [3.63, 3.8) is 0 Å². The second kappa shape index (κ2) is 14.5. The van der Waals surface area contributed by atoms with Crippen molar-refractivity contribution in [1.29, 1.82) is 0 Å². The minimum atomic E-state index is -1.16. The first-order valence-corrected chi connectivity index (χ1v) is 15.6. The summed E-state index contributed by atoms with van der Waals surface area (Å²) in [6.07, 6.45) is 4.40. The molecule has 0 bridgehead atoms. The normalized spacial score (nSPS) is 21.3. The van der Waals surface area contributed by atoms with E-state index in [1.54, 1.807) is 0 Å². The molecular formula is C33H41Cl2N3O4. The number of benzene rings is 2. The highest BCUT2D eigenvalue weighted by atomic mass is 35.5. The number of rotatable bonds is 11. The highest BCUT2D eigenvalue weighted by Gasteiger charge is 2.35. The maximum Gasteiger partial charge on any atom is 0.158 e. The molecule has 2 aliphatic rings. The lowest BCUT2D eigenvalue weighted by atomic mass is 9.97. The average Bonchev–Trinajstić information content (AvgIpc) is 3.00. The predicted octanol–water partition coefficient (Wildman–Crippen LogP) is 6.13. The molecule has 3 aromatic rings. The molecule has 0 radical (unpaired) electrons. The van der Waals surface area contributed by atoms with E-state index in [9.17, 15) is 10.2 Å². The van der Waals surface area contributed by atoms with Crippen LogP contribution in [0.3, 0.4) is 0 Å². The maximum absolute atomic E-state index is 11.7. The Hall–Kier alpha value is -2.23. The van der Waals surface area contributed by atoms with E-state index in [0.717, 1.165) is 67.9 Å². The summed E-state index contributed by atoms with van der Waals surface area (Å²) in [6, 6.07) is 19.9. The van der Waals surface area contributed by atoms with Crippen LogP contribution in [0.1, 0.15) is 61.2 Å². The first-order chi connectivity index (χ1) is 20.3. The largest absolute Gasteiger partial charge is 0.396 e. The van der Waals surface area contributed by atoms with E-state index >= 15 is 0 Å². The molecule has 3 atom stereocenters. The van der Waals surface area contributed by atoms with Crippen molar-refractivity contribution in [2.24, 2.45) is 0 Å². The summed E-state index contributed by atoms with van der Waals surface area (Å²) in [7, 11) is 0. The fourth-order valence-corrected chi connectivity index (χ4v) is 6.30. The molecule has 5 rings (SSSR count). The molecule has 0 aliphatic carbocycles. The summed E-state index contributed by atoms with van der Waals surface area (Å²) in [5, 5.41) is 22.3.